The molecule has 1 aliphatic heterocycles. The van der Waals surface area contributed by atoms with Crippen molar-refractivity contribution in [3.8, 4) is 0 Å². The van der Waals surface area contributed by atoms with Crippen LogP contribution >= 0.6 is 0 Å². The maximum absolute atomic E-state index is 13.4. The first-order valence-corrected chi connectivity index (χ1v) is 30.3. The molecule has 428 valence electrons. The summed E-state index contributed by atoms with van der Waals surface area (Å²) in [7, 11) is 0. The van der Waals surface area contributed by atoms with E-state index in [4.69, 9.17) is 14.2 Å². The molecule has 0 bridgehead atoms. The topological polar surface area (TPSA) is 175 Å². The second-order valence-corrected chi connectivity index (χ2v) is 20.8. The van der Waals surface area contributed by atoms with Gasteiger partial charge in [0.25, 0.3) is 0 Å². The summed E-state index contributed by atoms with van der Waals surface area (Å²) in [6, 6.07) is -1.04. The number of ether oxygens (including phenoxy) is 3. The zero-order valence-electron chi connectivity index (χ0n) is 47.2. The Morgan fingerprint density at radius 2 is 0.986 bits per heavy atom. The number of hydrogen-bond donors (Lipinski definition) is 6. The first-order chi connectivity index (χ1) is 36.2. The van der Waals surface area contributed by atoms with Crippen LogP contribution in [0.2, 0.25) is 0 Å². The molecule has 1 aliphatic rings. The van der Waals surface area contributed by atoms with Crippen LogP contribution in [-0.2, 0) is 23.8 Å². The number of allylic oxidation sites excluding steroid dienone is 11. The minimum atomic E-state index is -1.62. The fourth-order valence-corrected chi connectivity index (χ4v) is 9.13. The largest absolute Gasteiger partial charge is 0.454 e. The zero-order chi connectivity index (χ0) is 54.0. The molecule has 11 nitrogen and oxygen atoms in total. The Labute approximate surface area is 451 Å². The number of rotatable bonds is 50. The van der Waals surface area contributed by atoms with Gasteiger partial charge in [-0.2, -0.15) is 0 Å². The van der Waals surface area contributed by atoms with Crippen LogP contribution in [0.5, 0.6) is 0 Å². The molecule has 0 aromatic carbocycles. The van der Waals surface area contributed by atoms with Gasteiger partial charge in [0.05, 0.1) is 25.4 Å². The Morgan fingerprint density at radius 3 is 1.50 bits per heavy atom. The average molecular weight is 1040 g/mol. The Bertz CT molecular complexity index is 1480. The summed E-state index contributed by atoms with van der Waals surface area (Å²) >= 11 is 0. The number of aliphatic hydroxyl groups is 5. The summed E-state index contributed by atoms with van der Waals surface area (Å²) in [4.78, 5) is 26.5. The first-order valence-electron chi connectivity index (χ1n) is 30.3. The lowest BCUT2D eigenvalue weighted by Crippen LogP contribution is -2.61. The molecule has 0 aromatic rings. The lowest BCUT2D eigenvalue weighted by Gasteiger charge is -2.41. The molecule has 1 fully saturated rings. The third kappa shape index (κ3) is 38.6. The normalized spacial score (nSPS) is 19.8. The lowest BCUT2D eigenvalue weighted by atomic mass is 9.99. The van der Waals surface area contributed by atoms with Crippen molar-refractivity contribution >= 4 is 11.9 Å². The zero-order valence-corrected chi connectivity index (χ0v) is 47.2. The standard InChI is InChI=1S/C63H111NO10/c1-4-7-10-13-16-19-22-25-27-28-29-30-31-33-36-39-42-45-48-51-58(68)74-61-60(70)59(69)57(52-65)73-63(61)72-53-54(55(66)49-46-43-40-37-34-24-21-18-15-12-9-6-3)64-62(71)56(67)50-47-44-41-38-35-32-26-23-20-17-14-11-8-5-2/h8,11,14,17,20,23,25-27,32,46,49,54-57,59-61,63,65-67,69-70H,4-7,9-10,12-13,15-16,18-19,21-22,24,28-31,33-45,47-48,50-53H2,1-3H3,(H,64,71)/b11-8+,17-14+,23-20+,27-25+,32-26-,49-46+. The molecular formula is C63H111NO10. The number of hydrogen-bond acceptors (Lipinski definition) is 10. The van der Waals surface area contributed by atoms with Crippen molar-refractivity contribution in [3.63, 3.8) is 0 Å². The quantitative estimate of drug-likeness (QED) is 0.0149. The fourth-order valence-electron chi connectivity index (χ4n) is 9.13. The van der Waals surface area contributed by atoms with E-state index in [-0.39, 0.29) is 19.4 Å². The number of carbonyl (C=O) groups excluding carboxylic acids is 2. The van der Waals surface area contributed by atoms with E-state index in [0.29, 0.717) is 12.8 Å². The molecule has 0 saturated carbocycles. The predicted octanol–water partition coefficient (Wildman–Crippen LogP) is 14.0. The van der Waals surface area contributed by atoms with Gasteiger partial charge in [0.2, 0.25) is 5.91 Å². The molecule has 0 aromatic heterocycles. The number of amides is 1. The Hall–Kier alpha value is -2.90. The Morgan fingerprint density at radius 1 is 0.541 bits per heavy atom. The van der Waals surface area contributed by atoms with Gasteiger partial charge in [-0.05, 0) is 70.6 Å². The van der Waals surface area contributed by atoms with Crippen LogP contribution < -0.4 is 5.32 Å². The van der Waals surface area contributed by atoms with E-state index in [1.54, 1.807) is 6.08 Å². The number of aliphatic hydroxyl groups excluding tert-OH is 5. The minimum absolute atomic E-state index is 0.116. The van der Waals surface area contributed by atoms with Gasteiger partial charge in [-0.3, -0.25) is 9.59 Å². The molecule has 0 radical (unpaired) electrons. The van der Waals surface area contributed by atoms with Crippen LogP contribution in [0.4, 0.5) is 0 Å². The molecule has 8 unspecified atom stereocenters. The number of nitrogens with one attached hydrogen (secondary N) is 1. The summed E-state index contributed by atoms with van der Waals surface area (Å²) in [6.07, 6.45) is 53.7. The molecule has 74 heavy (non-hydrogen) atoms. The van der Waals surface area contributed by atoms with E-state index >= 15 is 0 Å². The van der Waals surface area contributed by atoms with Gasteiger partial charge in [0.1, 0.15) is 24.4 Å². The van der Waals surface area contributed by atoms with Gasteiger partial charge in [0, 0.05) is 6.42 Å². The molecule has 0 spiro atoms. The molecule has 1 heterocycles. The highest BCUT2D eigenvalue weighted by Crippen LogP contribution is 2.26. The monoisotopic (exact) mass is 1040 g/mol. The molecule has 8 atom stereocenters. The van der Waals surface area contributed by atoms with Crippen molar-refractivity contribution in [1.29, 1.82) is 0 Å². The number of esters is 1. The van der Waals surface area contributed by atoms with Gasteiger partial charge in [-0.25, -0.2) is 0 Å². The van der Waals surface area contributed by atoms with Crippen LogP contribution in [0.3, 0.4) is 0 Å². The molecular weight excluding hydrogens is 931 g/mol. The summed E-state index contributed by atoms with van der Waals surface area (Å²) in [5.74, 6) is -1.22. The SMILES string of the molecule is CC/C=C/C=C/C=C/C=C\CCCCCCC(O)C(=O)NC(COC1OC(CO)C(O)C(O)C1OC(=O)CCCCCCCCCCC/C=C/CCCCCCCC)C(O)/C=C/CCCCCCCCCCCC. The van der Waals surface area contributed by atoms with Crippen molar-refractivity contribution < 1.29 is 49.3 Å². The van der Waals surface area contributed by atoms with Crippen molar-refractivity contribution in [2.24, 2.45) is 0 Å². The third-order valence-corrected chi connectivity index (χ3v) is 13.9. The fraction of sp³-hybridized carbons (Fsp3) is 0.778. The average Bonchev–Trinajstić information content (AvgIpc) is 3.40. The van der Waals surface area contributed by atoms with Crippen molar-refractivity contribution in [2.75, 3.05) is 13.2 Å². The van der Waals surface area contributed by atoms with Gasteiger partial charge in [-0.15, -0.1) is 0 Å². The molecule has 0 aliphatic carbocycles. The number of carbonyl (C=O) groups is 2. The first kappa shape index (κ1) is 69.1. The van der Waals surface area contributed by atoms with E-state index in [2.05, 4.69) is 50.4 Å². The highest BCUT2D eigenvalue weighted by molar-refractivity contribution is 5.80. The molecule has 6 N–H and O–H groups in total. The van der Waals surface area contributed by atoms with Crippen molar-refractivity contribution in [2.45, 2.75) is 301 Å². The summed E-state index contributed by atoms with van der Waals surface area (Å²) in [6.45, 7) is 5.62. The van der Waals surface area contributed by atoms with Gasteiger partial charge >= 0.3 is 5.97 Å². The van der Waals surface area contributed by atoms with Crippen LogP contribution in [-0.4, -0.2) is 99.6 Å². The third-order valence-electron chi connectivity index (χ3n) is 13.9. The lowest BCUT2D eigenvalue weighted by molar-refractivity contribution is -0.305. The van der Waals surface area contributed by atoms with Gasteiger partial charge < -0.3 is 45.1 Å². The highest BCUT2D eigenvalue weighted by Gasteiger charge is 2.47. The maximum atomic E-state index is 13.4. The predicted molar refractivity (Wildman–Crippen MR) is 306 cm³/mol. The number of unbranched alkanes of at least 4 members (excludes halogenated alkanes) is 29. The van der Waals surface area contributed by atoms with Gasteiger partial charge in [-0.1, -0.05) is 248 Å². The van der Waals surface area contributed by atoms with Crippen LogP contribution in [0.15, 0.2) is 72.9 Å². The van der Waals surface area contributed by atoms with Gasteiger partial charge in [0.15, 0.2) is 12.4 Å². The van der Waals surface area contributed by atoms with Crippen molar-refractivity contribution in [3.05, 3.63) is 72.9 Å². The molecule has 1 amide bonds. The van der Waals surface area contributed by atoms with E-state index in [1.165, 1.54) is 135 Å². The smallest absolute Gasteiger partial charge is 0.306 e. The minimum Gasteiger partial charge on any atom is -0.454 e. The van der Waals surface area contributed by atoms with Crippen LogP contribution in [0, 0.1) is 0 Å². The summed E-state index contributed by atoms with van der Waals surface area (Å²) in [5.41, 5.74) is 0. The summed E-state index contributed by atoms with van der Waals surface area (Å²) in [5, 5.41) is 56.9. The second-order valence-electron chi connectivity index (χ2n) is 20.8. The van der Waals surface area contributed by atoms with E-state index in [0.717, 1.165) is 70.6 Å². The highest BCUT2D eigenvalue weighted by atomic mass is 16.7. The molecule has 1 saturated heterocycles. The van der Waals surface area contributed by atoms with Crippen LogP contribution in [0.1, 0.15) is 252 Å². The van der Waals surface area contributed by atoms with E-state index in [1.807, 2.05) is 42.5 Å². The molecule has 11 heteroatoms. The van der Waals surface area contributed by atoms with Crippen LogP contribution in [0.25, 0.3) is 0 Å². The Kier molecular flexibility index (Phi) is 47.5. The maximum Gasteiger partial charge on any atom is 0.306 e. The Balaban J connectivity index is 2.70. The van der Waals surface area contributed by atoms with E-state index < -0.39 is 67.4 Å². The van der Waals surface area contributed by atoms with Crippen molar-refractivity contribution in [1.82, 2.24) is 5.32 Å². The second kappa shape index (κ2) is 50.9. The summed E-state index contributed by atoms with van der Waals surface area (Å²) < 4.78 is 17.6. The van der Waals surface area contributed by atoms with E-state index in [9.17, 15) is 35.1 Å². The molecule has 1 rings (SSSR count).